The van der Waals surface area contributed by atoms with Gasteiger partial charge in [0.2, 0.25) is 0 Å². The Labute approximate surface area is 143 Å². The van der Waals surface area contributed by atoms with Gasteiger partial charge in [0, 0.05) is 0 Å². The summed E-state index contributed by atoms with van der Waals surface area (Å²) in [5.74, 6) is 2.28. The van der Waals surface area contributed by atoms with E-state index in [1.54, 1.807) is 0 Å². The zero-order valence-electron chi connectivity index (χ0n) is 14.0. The standard InChI is InChI=1S/C16H24ClNO2SSi/c1-10(2)22(11(3)4,12(5)6)8-7-14-18-13(9-15(19)20)16(17)21-14/h10-12H,9H2,1-6H3,(H,19,20). The number of hydrogen-bond acceptors (Lipinski definition) is 3. The fourth-order valence-corrected chi connectivity index (χ4v) is 9.52. The molecule has 0 aliphatic heterocycles. The molecule has 1 aromatic rings. The van der Waals surface area contributed by atoms with Gasteiger partial charge in [0.05, 0.1) is 12.1 Å². The number of carboxylic acid groups (broad SMARTS) is 1. The van der Waals surface area contributed by atoms with Gasteiger partial charge in [-0.25, -0.2) is 4.98 Å². The highest BCUT2D eigenvalue weighted by atomic mass is 35.5. The van der Waals surface area contributed by atoms with E-state index in [4.69, 9.17) is 16.7 Å². The van der Waals surface area contributed by atoms with E-state index in [1.807, 2.05) is 0 Å². The molecule has 0 aliphatic carbocycles. The lowest BCUT2D eigenvalue weighted by Crippen LogP contribution is -2.43. The molecule has 1 aromatic heterocycles. The number of carbonyl (C=O) groups is 1. The van der Waals surface area contributed by atoms with Crippen molar-refractivity contribution >= 4 is 37.0 Å². The molecule has 0 fully saturated rings. The molecular formula is C16H24ClNO2SSi. The summed E-state index contributed by atoms with van der Waals surface area (Å²) >= 11 is 7.33. The van der Waals surface area contributed by atoms with E-state index in [0.29, 0.717) is 31.7 Å². The molecule has 0 unspecified atom stereocenters. The maximum atomic E-state index is 10.8. The molecule has 0 amide bonds. The maximum Gasteiger partial charge on any atom is 0.309 e. The van der Waals surface area contributed by atoms with E-state index < -0.39 is 14.0 Å². The topological polar surface area (TPSA) is 50.2 Å². The van der Waals surface area contributed by atoms with Crippen molar-refractivity contribution in [3.8, 4) is 11.5 Å². The third-order valence-electron chi connectivity index (χ3n) is 4.22. The van der Waals surface area contributed by atoms with Crippen LogP contribution in [0.25, 0.3) is 0 Å². The Morgan fingerprint density at radius 3 is 2.14 bits per heavy atom. The predicted octanol–water partition coefficient (Wildman–Crippen LogP) is 4.99. The molecule has 0 radical (unpaired) electrons. The van der Waals surface area contributed by atoms with Crippen LogP contribution < -0.4 is 0 Å². The first-order chi connectivity index (χ1) is 10.1. The number of aromatic nitrogens is 1. The van der Waals surface area contributed by atoms with Gasteiger partial charge in [-0.1, -0.05) is 64.5 Å². The molecule has 0 aromatic carbocycles. The van der Waals surface area contributed by atoms with Crippen molar-refractivity contribution in [3.05, 3.63) is 15.0 Å². The lowest BCUT2D eigenvalue weighted by Gasteiger charge is -2.37. The lowest BCUT2D eigenvalue weighted by molar-refractivity contribution is -0.136. The van der Waals surface area contributed by atoms with Gasteiger partial charge >= 0.3 is 5.97 Å². The Hall–Kier alpha value is -0.833. The number of rotatable bonds is 5. The molecule has 3 nitrogen and oxygen atoms in total. The van der Waals surface area contributed by atoms with Crippen molar-refractivity contribution in [2.45, 2.75) is 64.6 Å². The van der Waals surface area contributed by atoms with E-state index >= 15 is 0 Å². The van der Waals surface area contributed by atoms with E-state index in [0.717, 1.165) is 0 Å². The second-order valence-electron chi connectivity index (χ2n) is 6.46. The molecule has 0 atom stereocenters. The first-order valence-electron chi connectivity index (χ1n) is 7.51. The van der Waals surface area contributed by atoms with Gasteiger partial charge in [0.1, 0.15) is 12.4 Å². The zero-order chi connectivity index (χ0) is 17.1. The van der Waals surface area contributed by atoms with Crippen molar-refractivity contribution in [1.82, 2.24) is 4.98 Å². The van der Waals surface area contributed by atoms with Gasteiger partial charge in [-0.15, -0.1) is 5.54 Å². The first kappa shape index (κ1) is 19.2. The second-order valence-corrected chi connectivity index (χ2v) is 13.6. The summed E-state index contributed by atoms with van der Waals surface area (Å²) in [6, 6.07) is 0. The van der Waals surface area contributed by atoms with Crippen LogP contribution in [-0.4, -0.2) is 24.1 Å². The van der Waals surface area contributed by atoms with Crippen molar-refractivity contribution in [3.63, 3.8) is 0 Å². The number of nitrogens with zero attached hydrogens (tertiary/aromatic N) is 1. The Morgan fingerprint density at radius 1 is 1.23 bits per heavy atom. The number of hydrogen-bond donors (Lipinski definition) is 1. The Balaban J connectivity index is 3.22. The van der Waals surface area contributed by atoms with Crippen LogP contribution in [0.3, 0.4) is 0 Å². The van der Waals surface area contributed by atoms with Crippen LogP contribution in [0.15, 0.2) is 0 Å². The number of carboxylic acids is 1. The van der Waals surface area contributed by atoms with Gasteiger partial charge in [0.25, 0.3) is 0 Å². The Bertz CT molecular complexity index is 577. The van der Waals surface area contributed by atoms with E-state index in [1.165, 1.54) is 11.3 Å². The molecule has 1 heterocycles. The number of halogens is 1. The minimum atomic E-state index is -1.80. The molecule has 122 valence electrons. The van der Waals surface area contributed by atoms with Gasteiger partial charge < -0.3 is 5.11 Å². The minimum Gasteiger partial charge on any atom is -0.481 e. The van der Waals surface area contributed by atoms with Crippen molar-refractivity contribution in [2.75, 3.05) is 0 Å². The van der Waals surface area contributed by atoms with E-state index in [9.17, 15) is 4.79 Å². The molecular weight excluding hydrogens is 334 g/mol. The summed E-state index contributed by atoms with van der Waals surface area (Å²) in [5, 5.41) is 9.48. The monoisotopic (exact) mass is 357 g/mol. The SMILES string of the molecule is CC(C)[Si](C#Cc1nc(CC(=O)O)c(Cl)s1)(C(C)C)C(C)C. The van der Waals surface area contributed by atoms with Gasteiger partial charge in [-0.2, -0.15) is 0 Å². The van der Waals surface area contributed by atoms with Crippen LogP contribution in [0.1, 0.15) is 52.2 Å². The van der Waals surface area contributed by atoms with Crippen molar-refractivity contribution < 1.29 is 9.90 Å². The van der Waals surface area contributed by atoms with Crippen LogP contribution in [0.5, 0.6) is 0 Å². The average molecular weight is 358 g/mol. The largest absolute Gasteiger partial charge is 0.481 e. The van der Waals surface area contributed by atoms with Crippen molar-refractivity contribution in [1.29, 1.82) is 0 Å². The van der Waals surface area contributed by atoms with Gasteiger partial charge in [0.15, 0.2) is 5.01 Å². The molecule has 0 aliphatic rings. The Morgan fingerprint density at radius 2 is 1.73 bits per heavy atom. The first-order valence-corrected chi connectivity index (χ1v) is 10.9. The van der Waals surface area contributed by atoms with Crippen LogP contribution in [0.4, 0.5) is 0 Å². The second kappa shape index (κ2) is 7.63. The Kier molecular flexibility index (Phi) is 6.66. The van der Waals surface area contributed by atoms with Gasteiger partial charge in [-0.3, -0.25) is 4.79 Å². The van der Waals surface area contributed by atoms with Gasteiger partial charge in [-0.05, 0) is 22.5 Å². The molecule has 1 rings (SSSR count). The fourth-order valence-electron chi connectivity index (χ4n) is 3.23. The minimum absolute atomic E-state index is 0.155. The number of thiazole rings is 1. The number of aliphatic carboxylic acids is 1. The van der Waals surface area contributed by atoms with Crippen LogP contribution in [0, 0.1) is 11.5 Å². The highest BCUT2D eigenvalue weighted by molar-refractivity contribution is 7.16. The molecule has 6 heteroatoms. The summed E-state index contributed by atoms with van der Waals surface area (Å²) in [6.07, 6.45) is -0.155. The van der Waals surface area contributed by atoms with E-state index in [-0.39, 0.29) is 6.42 Å². The molecule has 0 saturated heterocycles. The normalized spacial score (nSPS) is 11.9. The van der Waals surface area contributed by atoms with Crippen molar-refractivity contribution in [2.24, 2.45) is 0 Å². The molecule has 1 N–H and O–H groups in total. The third kappa shape index (κ3) is 4.12. The third-order valence-corrected chi connectivity index (χ3v) is 11.8. The molecule has 0 saturated carbocycles. The lowest BCUT2D eigenvalue weighted by atomic mass is 10.3. The maximum absolute atomic E-state index is 10.8. The zero-order valence-corrected chi connectivity index (χ0v) is 16.6. The highest BCUT2D eigenvalue weighted by Gasteiger charge is 2.41. The van der Waals surface area contributed by atoms with Crippen LogP contribution in [0.2, 0.25) is 21.0 Å². The predicted molar refractivity (Wildman–Crippen MR) is 96.4 cm³/mol. The van der Waals surface area contributed by atoms with Crippen LogP contribution >= 0.6 is 22.9 Å². The van der Waals surface area contributed by atoms with E-state index in [2.05, 4.69) is 58.0 Å². The summed E-state index contributed by atoms with van der Waals surface area (Å²) in [5.41, 5.74) is 5.63. The molecule has 0 bridgehead atoms. The summed E-state index contributed by atoms with van der Waals surface area (Å²) in [4.78, 5) is 15.1. The summed E-state index contributed by atoms with van der Waals surface area (Å²) in [7, 11) is -1.80. The smallest absolute Gasteiger partial charge is 0.309 e. The molecule has 22 heavy (non-hydrogen) atoms. The van der Waals surface area contributed by atoms with Crippen LogP contribution in [-0.2, 0) is 11.2 Å². The molecule has 0 spiro atoms. The highest BCUT2D eigenvalue weighted by Crippen LogP contribution is 2.40. The average Bonchev–Trinajstić information content (AvgIpc) is 2.68. The summed E-state index contributed by atoms with van der Waals surface area (Å²) in [6.45, 7) is 13.5. The quantitative estimate of drug-likeness (QED) is 0.596. The summed E-state index contributed by atoms with van der Waals surface area (Å²) < 4.78 is 0.428. The fraction of sp³-hybridized carbons (Fsp3) is 0.625.